The molecule has 0 radical (unpaired) electrons. The van der Waals surface area contributed by atoms with Crippen LogP contribution in [0.5, 0.6) is 11.5 Å². The van der Waals surface area contributed by atoms with Crippen molar-refractivity contribution in [2.75, 3.05) is 0 Å². The quantitative estimate of drug-likeness (QED) is 0.163. The topological polar surface area (TPSA) is 36.9 Å². The minimum atomic E-state index is 0.621. The van der Waals surface area contributed by atoms with E-state index in [0.29, 0.717) is 11.5 Å². The van der Waals surface area contributed by atoms with Gasteiger partial charge >= 0.3 is 249 Å². The van der Waals surface area contributed by atoms with Gasteiger partial charge in [-0.25, -0.2) is 0 Å². The van der Waals surface area contributed by atoms with E-state index in [1.165, 1.54) is 27.8 Å². The first kappa shape index (κ1) is 28.5. The molecule has 0 aliphatic heterocycles. The Kier molecular flexibility index (Phi) is 6.88. The molecule has 6 heteroatoms. The first-order valence-corrected chi connectivity index (χ1v) is 16.4. The summed E-state index contributed by atoms with van der Waals surface area (Å²) in [5, 5.41) is 2.31. The zero-order valence-corrected chi connectivity index (χ0v) is 28.2. The maximum absolute atomic E-state index is 6.54. The van der Waals surface area contributed by atoms with Gasteiger partial charge in [-0.2, -0.15) is 0 Å². The predicted octanol–water partition coefficient (Wildman–Crippen LogP) is 9.62. The van der Waals surface area contributed by atoms with Crippen LogP contribution in [0.4, 0.5) is 0 Å². The standard InChI is InChI=1S/C40H30N4O.Pt/c1-26-20-28(3)40(29(4)21-26)43-25-42(35-16-7-8-17-36(35)43)30-12-11-13-31(23-30)45-32-22-27(2)39-33-14-5-6-15-34(33)44(37(39)24-32)38-18-9-10-19-41-38;/h5-22H,1-4H3;/q-2;. The molecule has 8 aromatic rings. The summed E-state index contributed by atoms with van der Waals surface area (Å²) in [4.78, 5) is 4.67. The van der Waals surface area contributed by atoms with Crippen molar-refractivity contribution in [1.29, 1.82) is 0 Å². The van der Waals surface area contributed by atoms with Crippen LogP contribution >= 0.6 is 0 Å². The van der Waals surface area contributed by atoms with E-state index in [9.17, 15) is 0 Å². The van der Waals surface area contributed by atoms with Gasteiger partial charge in [-0.3, -0.25) is 0 Å². The Hall–Kier alpha value is -4.99. The molecule has 0 fully saturated rings. The SMILES string of the molecule is Cc1cc(C)c(-n2[c](=[Pt])n(-c3[c-]c(Oc4[c-]c5c(c(C)c4)c4ccccc4n5-c4ccccn4)ccc3)c3ccccc32)c(C)c1. The number of para-hydroxylation sites is 3. The maximum atomic E-state index is 6.54. The second-order valence-corrected chi connectivity index (χ2v) is 12.7. The fourth-order valence-corrected chi connectivity index (χ4v) is 7.86. The van der Waals surface area contributed by atoms with Crippen LogP contribution in [-0.2, 0) is 19.4 Å². The number of imidazole rings is 1. The van der Waals surface area contributed by atoms with Crippen LogP contribution < -0.4 is 4.74 Å². The molecule has 0 N–H and O–H groups in total. The Labute approximate surface area is 278 Å². The second-order valence-electron chi connectivity index (χ2n) is 11.7. The fraction of sp³-hybridized carbons (Fsp3) is 0.100. The van der Waals surface area contributed by atoms with E-state index in [1.54, 1.807) is 0 Å². The number of hydrogen-bond donors (Lipinski definition) is 0. The van der Waals surface area contributed by atoms with E-state index in [2.05, 4.69) is 151 Å². The molecule has 0 spiro atoms. The summed E-state index contributed by atoms with van der Waals surface area (Å²) >= 11 is 2.44. The molecule has 5 nitrogen and oxygen atoms in total. The van der Waals surface area contributed by atoms with Gasteiger partial charge in [0.05, 0.1) is 0 Å². The van der Waals surface area contributed by atoms with Gasteiger partial charge in [-0.15, -0.1) is 0 Å². The van der Waals surface area contributed by atoms with Crippen LogP contribution in [0.2, 0.25) is 0 Å². The summed E-state index contributed by atoms with van der Waals surface area (Å²) in [5.41, 5.74) is 11.2. The molecule has 0 unspecified atom stereocenters. The summed E-state index contributed by atoms with van der Waals surface area (Å²) < 4.78 is 14.4. The number of fused-ring (bicyclic) bond motifs is 4. The van der Waals surface area contributed by atoms with E-state index in [0.717, 1.165) is 48.3 Å². The van der Waals surface area contributed by atoms with Crippen molar-refractivity contribution in [2.45, 2.75) is 27.7 Å². The number of ether oxygens (including phenoxy) is 1. The Morgan fingerprint density at radius 2 is 1.33 bits per heavy atom. The van der Waals surface area contributed by atoms with Gasteiger partial charge in [0.2, 0.25) is 0 Å². The number of rotatable bonds is 5. The van der Waals surface area contributed by atoms with Crippen LogP contribution in [0.15, 0.2) is 109 Å². The Morgan fingerprint density at radius 1 is 0.630 bits per heavy atom. The van der Waals surface area contributed by atoms with Crippen LogP contribution in [-0.4, -0.2) is 18.7 Å². The van der Waals surface area contributed by atoms with Gasteiger partial charge in [0.15, 0.2) is 0 Å². The zero-order valence-electron chi connectivity index (χ0n) is 25.9. The van der Waals surface area contributed by atoms with Gasteiger partial charge < -0.3 is 0 Å². The minimum absolute atomic E-state index is 0.621. The molecule has 8 rings (SSSR count). The summed E-state index contributed by atoms with van der Waals surface area (Å²) in [6, 6.07) is 42.7. The van der Waals surface area contributed by atoms with Crippen LogP contribution in [0.3, 0.4) is 0 Å². The number of aromatic nitrogens is 4. The summed E-state index contributed by atoms with van der Waals surface area (Å²) in [6.45, 7) is 8.65. The van der Waals surface area contributed by atoms with Crippen LogP contribution in [0.1, 0.15) is 22.3 Å². The Balaban J connectivity index is 1.26. The van der Waals surface area contributed by atoms with E-state index in [1.807, 2.05) is 36.5 Å². The molecule has 46 heavy (non-hydrogen) atoms. The van der Waals surface area contributed by atoms with Crippen molar-refractivity contribution >= 4 is 32.8 Å². The average Bonchev–Trinajstić information content (AvgIpc) is 3.53. The van der Waals surface area contributed by atoms with E-state index < -0.39 is 0 Å². The van der Waals surface area contributed by atoms with Crippen molar-refractivity contribution < 1.29 is 24.1 Å². The molecule has 0 aliphatic rings. The molecule has 5 aromatic carbocycles. The monoisotopic (exact) mass is 777 g/mol. The van der Waals surface area contributed by atoms with Crippen molar-refractivity contribution in [1.82, 2.24) is 18.7 Å². The van der Waals surface area contributed by atoms with Gasteiger partial charge in [-0.05, 0) is 6.07 Å². The third-order valence-electron chi connectivity index (χ3n) is 8.51. The molecule has 0 saturated heterocycles. The van der Waals surface area contributed by atoms with Crippen LogP contribution in [0, 0.1) is 43.6 Å². The summed E-state index contributed by atoms with van der Waals surface area (Å²) in [6.07, 6.45) is 1.82. The number of aryl methyl sites for hydroxylation is 4. The summed E-state index contributed by atoms with van der Waals surface area (Å²) in [5.74, 6) is 2.10. The Bertz CT molecular complexity index is 2500. The zero-order chi connectivity index (χ0) is 31.5. The Morgan fingerprint density at radius 3 is 2.07 bits per heavy atom. The molecule has 228 valence electrons. The molecule has 0 saturated carbocycles. The third-order valence-corrected chi connectivity index (χ3v) is 9.53. The molecule has 0 amide bonds. The number of benzene rings is 5. The van der Waals surface area contributed by atoms with Gasteiger partial charge in [-0.1, -0.05) is 18.2 Å². The predicted molar refractivity (Wildman–Crippen MR) is 181 cm³/mol. The molecule has 3 heterocycles. The van der Waals surface area contributed by atoms with E-state index in [4.69, 9.17) is 4.74 Å². The average molecular weight is 778 g/mol. The molecule has 0 bridgehead atoms. The van der Waals surface area contributed by atoms with E-state index in [-0.39, 0.29) is 0 Å². The van der Waals surface area contributed by atoms with Gasteiger partial charge in [0.25, 0.3) is 0 Å². The summed E-state index contributed by atoms with van der Waals surface area (Å²) in [7, 11) is 0. The number of pyridine rings is 1. The molecule has 0 atom stereocenters. The van der Waals surface area contributed by atoms with Crippen LogP contribution in [0.25, 0.3) is 50.0 Å². The third kappa shape index (κ3) is 4.57. The molecule has 0 aliphatic carbocycles. The first-order chi connectivity index (χ1) is 22.4. The molecular weight excluding hydrogens is 748 g/mol. The van der Waals surface area contributed by atoms with Gasteiger partial charge in [0, 0.05) is 6.20 Å². The number of hydrogen-bond acceptors (Lipinski definition) is 2. The van der Waals surface area contributed by atoms with Crippen molar-refractivity contribution in [2.24, 2.45) is 0 Å². The van der Waals surface area contributed by atoms with Gasteiger partial charge in [0.1, 0.15) is 0 Å². The van der Waals surface area contributed by atoms with E-state index >= 15 is 0 Å². The fourth-order valence-electron chi connectivity index (χ4n) is 6.78. The normalized spacial score (nSPS) is 11.6. The molecule has 3 aromatic heterocycles. The van der Waals surface area contributed by atoms with Crippen molar-refractivity contribution in [3.63, 3.8) is 0 Å². The number of nitrogens with zero attached hydrogens (tertiary/aromatic N) is 4. The van der Waals surface area contributed by atoms with Crippen molar-refractivity contribution in [3.8, 4) is 28.7 Å². The first-order valence-electron chi connectivity index (χ1n) is 15.2. The molecular formula is C40H30N4OPt-2. The second kappa shape index (κ2) is 11.1. The van der Waals surface area contributed by atoms with Crippen molar-refractivity contribution in [3.05, 3.63) is 148 Å².